The van der Waals surface area contributed by atoms with Gasteiger partial charge in [0.15, 0.2) is 17.5 Å². The molecule has 0 aliphatic heterocycles. The Bertz CT molecular complexity index is 1090. The zero-order valence-electron chi connectivity index (χ0n) is 19.0. The SMILES string of the molecule is CCCCCCc1ccc(-c2nc(-c3ccc(C)cn3)nc(-c3ccc(C)cn3)n2)cc1. The average molecular weight is 424 g/mol. The lowest BCUT2D eigenvalue weighted by atomic mass is 10.0. The predicted octanol–water partition coefficient (Wildman–Crippen LogP) is 6.40. The topological polar surface area (TPSA) is 64.5 Å². The van der Waals surface area contributed by atoms with E-state index in [9.17, 15) is 0 Å². The number of benzene rings is 1. The summed E-state index contributed by atoms with van der Waals surface area (Å²) in [5.41, 5.74) is 5.95. The molecular weight excluding hydrogens is 394 g/mol. The molecule has 5 heteroatoms. The van der Waals surface area contributed by atoms with Gasteiger partial charge in [-0.15, -0.1) is 0 Å². The zero-order chi connectivity index (χ0) is 22.3. The Morgan fingerprint density at radius 3 is 1.66 bits per heavy atom. The molecule has 32 heavy (non-hydrogen) atoms. The fourth-order valence-corrected chi connectivity index (χ4v) is 3.51. The molecule has 0 bridgehead atoms. The summed E-state index contributed by atoms with van der Waals surface area (Å²) in [7, 11) is 0. The van der Waals surface area contributed by atoms with Gasteiger partial charge in [-0.25, -0.2) is 15.0 Å². The lowest BCUT2D eigenvalue weighted by molar-refractivity contribution is 0.667. The molecule has 4 rings (SSSR count). The van der Waals surface area contributed by atoms with Crippen molar-refractivity contribution in [2.24, 2.45) is 0 Å². The van der Waals surface area contributed by atoms with Gasteiger partial charge in [-0.3, -0.25) is 9.97 Å². The summed E-state index contributed by atoms with van der Waals surface area (Å²) in [6, 6.07) is 16.5. The molecular formula is C27H29N5. The molecule has 162 valence electrons. The van der Waals surface area contributed by atoms with Crippen LogP contribution in [0.25, 0.3) is 34.4 Å². The van der Waals surface area contributed by atoms with Crippen LogP contribution in [0.15, 0.2) is 60.9 Å². The van der Waals surface area contributed by atoms with E-state index in [2.05, 4.69) is 46.1 Å². The Kier molecular flexibility index (Phi) is 6.95. The van der Waals surface area contributed by atoms with E-state index >= 15 is 0 Å². The number of rotatable bonds is 8. The standard InChI is InChI=1S/C27H29N5/c1-4-5-6-7-8-21-11-13-22(14-12-21)25-30-26(23-15-9-19(2)17-28-23)32-27(31-25)24-16-10-20(3)18-29-24/h9-18H,4-8H2,1-3H3. The number of aromatic nitrogens is 5. The maximum absolute atomic E-state index is 4.75. The van der Waals surface area contributed by atoms with Crippen molar-refractivity contribution in [2.75, 3.05) is 0 Å². The number of nitrogens with zero attached hydrogens (tertiary/aromatic N) is 5. The number of unbranched alkanes of at least 4 members (excludes halogenated alkanes) is 3. The normalized spacial score (nSPS) is 11.0. The molecule has 0 aliphatic carbocycles. The first-order valence-corrected chi connectivity index (χ1v) is 11.3. The number of aryl methyl sites for hydroxylation is 3. The van der Waals surface area contributed by atoms with Crippen LogP contribution < -0.4 is 0 Å². The molecule has 0 aliphatic rings. The van der Waals surface area contributed by atoms with E-state index in [1.54, 1.807) is 0 Å². The molecule has 0 atom stereocenters. The first kappa shape index (κ1) is 21.8. The molecule has 3 aromatic heterocycles. The molecule has 3 heterocycles. The average Bonchev–Trinajstić information content (AvgIpc) is 2.83. The largest absolute Gasteiger partial charge is 0.253 e. The quantitative estimate of drug-likeness (QED) is 0.307. The van der Waals surface area contributed by atoms with Crippen LogP contribution in [0.4, 0.5) is 0 Å². The molecule has 5 nitrogen and oxygen atoms in total. The molecule has 0 N–H and O–H groups in total. The summed E-state index contributed by atoms with van der Waals surface area (Å²) in [5, 5.41) is 0. The molecule has 0 radical (unpaired) electrons. The Morgan fingerprint density at radius 2 is 1.16 bits per heavy atom. The lowest BCUT2D eigenvalue weighted by Gasteiger charge is -2.08. The van der Waals surface area contributed by atoms with Gasteiger partial charge in [0.1, 0.15) is 11.4 Å². The minimum Gasteiger partial charge on any atom is -0.253 e. The van der Waals surface area contributed by atoms with Crippen LogP contribution >= 0.6 is 0 Å². The minimum absolute atomic E-state index is 0.552. The molecule has 0 unspecified atom stereocenters. The Hall–Kier alpha value is -3.47. The van der Waals surface area contributed by atoms with Crippen LogP contribution in [0, 0.1) is 13.8 Å². The van der Waals surface area contributed by atoms with E-state index in [0.29, 0.717) is 17.5 Å². The summed E-state index contributed by atoms with van der Waals surface area (Å²) in [6.45, 7) is 6.27. The van der Waals surface area contributed by atoms with Crippen molar-refractivity contribution in [3.8, 4) is 34.4 Å². The number of hydrogen-bond donors (Lipinski definition) is 0. The van der Waals surface area contributed by atoms with Crippen LogP contribution in [0.3, 0.4) is 0 Å². The van der Waals surface area contributed by atoms with Gasteiger partial charge < -0.3 is 0 Å². The zero-order valence-corrected chi connectivity index (χ0v) is 19.0. The highest BCUT2D eigenvalue weighted by atomic mass is 15.1. The predicted molar refractivity (Wildman–Crippen MR) is 129 cm³/mol. The highest BCUT2D eigenvalue weighted by Gasteiger charge is 2.13. The smallest absolute Gasteiger partial charge is 0.182 e. The monoisotopic (exact) mass is 423 g/mol. The van der Waals surface area contributed by atoms with Crippen molar-refractivity contribution < 1.29 is 0 Å². The van der Waals surface area contributed by atoms with E-state index in [1.807, 2.05) is 50.5 Å². The molecule has 0 spiro atoms. The fourth-order valence-electron chi connectivity index (χ4n) is 3.51. The van der Waals surface area contributed by atoms with Gasteiger partial charge >= 0.3 is 0 Å². The Balaban J connectivity index is 1.69. The first-order chi connectivity index (χ1) is 15.6. The summed E-state index contributed by atoms with van der Waals surface area (Å²) in [4.78, 5) is 23.2. The van der Waals surface area contributed by atoms with E-state index < -0.39 is 0 Å². The second-order valence-electron chi connectivity index (χ2n) is 8.26. The summed E-state index contributed by atoms with van der Waals surface area (Å²) >= 11 is 0. The van der Waals surface area contributed by atoms with E-state index in [1.165, 1.54) is 31.2 Å². The Labute approximate surface area is 190 Å². The van der Waals surface area contributed by atoms with Crippen molar-refractivity contribution in [2.45, 2.75) is 52.9 Å². The maximum atomic E-state index is 4.75. The number of hydrogen-bond acceptors (Lipinski definition) is 5. The van der Waals surface area contributed by atoms with Crippen molar-refractivity contribution >= 4 is 0 Å². The van der Waals surface area contributed by atoms with Gasteiger partial charge in [-0.1, -0.05) is 62.6 Å². The molecule has 0 fully saturated rings. The molecule has 0 saturated heterocycles. The third-order valence-corrected chi connectivity index (χ3v) is 5.45. The van der Waals surface area contributed by atoms with Gasteiger partial charge in [-0.05, 0) is 55.5 Å². The highest BCUT2D eigenvalue weighted by molar-refractivity contribution is 5.63. The molecule has 0 amide bonds. The highest BCUT2D eigenvalue weighted by Crippen LogP contribution is 2.24. The van der Waals surface area contributed by atoms with Gasteiger partial charge in [0, 0.05) is 18.0 Å². The number of pyridine rings is 2. The van der Waals surface area contributed by atoms with Crippen LogP contribution in [0.5, 0.6) is 0 Å². The summed E-state index contributed by atoms with van der Waals surface area (Å²) < 4.78 is 0. The third kappa shape index (κ3) is 5.41. The van der Waals surface area contributed by atoms with Crippen LogP contribution in [0.2, 0.25) is 0 Å². The second kappa shape index (κ2) is 10.2. The molecule has 4 aromatic rings. The summed E-state index contributed by atoms with van der Waals surface area (Å²) in [5.74, 6) is 1.74. The van der Waals surface area contributed by atoms with E-state index in [-0.39, 0.29) is 0 Å². The van der Waals surface area contributed by atoms with Crippen LogP contribution in [0.1, 0.15) is 49.3 Å². The lowest BCUT2D eigenvalue weighted by Crippen LogP contribution is -2.02. The second-order valence-corrected chi connectivity index (χ2v) is 8.26. The van der Waals surface area contributed by atoms with Crippen molar-refractivity contribution in [1.29, 1.82) is 0 Å². The van der Waals surface area contributed by atoms with Gasteiger partial charge in [-0.2, -0.15) is 0 Å². The van der Waals surface area contributed by atoms with Gasteiger partial charge in [0.25, 0.3) is 0 Å². The molecule has 1 aromatic carbocycles. The Morgan fingerprint density at radius 1 is 0.594 bits per heavy atom. The fraction of sp³-hybridized carbons (Fsp3) is 0.296. The first-order valence-electron chi connectivity index (χ1n) is 11.3. The maximum Gasteiger partial charge on any atom is 0.182 e. The molecule has 0 saturated carbocycles. The third-order valence-electron chi connectivity index (χ3n) is 5.45. The van der Waals surface area contributed by atoms with Crippen molar-refractivity contribution in [3.05, 3.63) is 77.6 Å². The van der Waals surface area contributed by atoms with Crippen LogP contribution in [-0.4, -0.2) is 24.9 Å². The minimum atomic E-state index is 0.552. The van der Waals surface area contributed by atoms with E-state index in [0.717, 1.165) is 34.5 Å². The van der Waals surface area contributed by atoms with Crippen molar-refractivity contribution in [3.63, 3.8) is 0 Å². The van der Waals surface area contributed by atoms with Crippen molar-refractivity contribution in [1.82, 2.24) is 24.9 Å². The van der Waals surface area contributed by atoms with Crippen LogP contribution in [-0.2, 0) is 6.42 Å². The van der Waals surface area contributed by atoms with Gasteiger partial charge in [0.2, 0.25) is 0 Å². The van der Waals surface area contributed by atoms with E-state index in [4.69, 9.17) is 9.97 Å². The summed E-state index contributed by atoms with van der Waals surface area (Å²) in [6.07, 6.45) is 9.83. The van der Waals surface area contributed by atoms with Gasteiger partial charge in [0.05, 0.1) is 0 Å².